The van der Waals surface area contributed by atoms with Gasteiger partial charge < -0.3 is 9.64 Å². The lowest BCUT2D eigenvalue weighted by molar-refractivity contribution is 0.0766. The molecule has 3 nitrogen and oxygen atoms in total. The molecule has 0 radical (unpaired) electrons. The maximum atomic E-state index is 12.6. The molecular formula is C17H19NO2S2. The van der Waals surface area contributed by atoms with Gasteiger partial charge in [-0.15, -0.1) is 11.3 Å². The maximum absolute atomic E-state index is 12.6. The summed E-state index contributed by atoms with van der Waals surface area (Å²) in [6.45, 7) is 1.64. The lowest BCUT2D eigenvalue weighted by atomic mass is 10.1. The van der Waals surface area contributed by atoms with Crippen molar-refractivity contribution in [3.8, 4) is 5.75 Å². The SMILES string of the molecule is COc1ccc(C(=O)N2CCSC(c3cccs3)CC2)cc1. The molecule has 3 rings (SSSR count). The highest BCUT2D eigenvalue weighted by molar-refractivity contribution is 7.99. The van der Waals surface area contributed by atoms with Crippen LogP contribution in [0, 0.1) is 0 Å². The minimum Gasteiger partial charge on any atom is -0.497 e. The normalized spacial score (nSPS) is 18.8. The Morgan fingerprint density at radius 2 is 2.05 bits per heavy atom. The van der Waals surface area contributed by atoms with E-state index in [1.807, 2.05) is 52.3 Å². The van der Waals surface area contributed by atoms with Gasteiger partial charge in [0.15, 0.2) is 0 Å². The molecule has 0 N–H and O–H groups in total. The zero-order chi connectivity index (χ0) is 15.4. The summed E-state index contributed by atoms with van der Waals surface area (Å²) >= 11 is 3.77. The molecule has 1 aromatic carbocycles. The molecule has 22 heavy (non-hydrogen) atoms. The molecule has 1 fully saturated rings. The summed E-state index contributed by atoms with van der Waals surface area (Å²) in [6, 6.07) is 11.7. The number of hydrogen-bond donors (Lipinski definition) is 0. The first-order chi connectivity index (χ1) is 10.8. The summed E-state index contributed by atoms with van der Waals surface area (Å²) in [5.41, 5.74) is 0.736. The smallest absolute Gasteiger partial charge is 0.253 e. The van der Waals surface area contributed by atoms with Crippen LogP contribution >= 0.6 is 23.1 Å². The van der Waals surface area contributed by atoms with Crippen molar-refractivity contribution in [3.05, 3.63) is 52.2 Å². The number of ether oxygens (including phenoxy) is 1. The van der Waals surface area contributed by atoms with E-state index in [-0.39, 0.29) is 5.91 Å². The highest BCUT2D eigenvalue weighted by atomic mass is 32.2. The predicted molar refractivity (Wildman–Crippen MR) is 93.0 cm³/mol. The Hall–Kier alpha value is -1.46. The number of rotatable bonds is 3. The number of nitrogens with zero attached hydrogens (tertiary/aromatic N) is 1. The van der Waals surface area contributed by atoms with Gasteiger partial charge >= 0.3 is 0 Å². The Kier molecular flexibility index (Phi) is 5.05. The summed E-state index contributed by atoms with van der Waals surface area (Å²) in [7, 11) is 1.63. The summed E-state index contributed by atoms with van der Waals surface area (Å²) in [5.74, 6) is 1.89. The second kappa shape index (κ2) is 7.20. The molecule has 0 bridgehead atoms. The quantitative estimate of drug-likeness (QED) is 0.848. The fourth-order valence-electron chi connectivity index (χ4n) is 2.59. The fraction of sp³-hybridized carbons (Fsp3) is 0.353. The van der Waals surface area contributed by atoms with Crippen LogP contribution in [-0.4, -0.2) is 36.8 Å². The third kappa shape index (κ3) is 3.47. The first-order valence-electron chi connectivity index (χ1n) is 7.36. The topological polar surface area (TPSA) is 29.5 Å². The molecule has 2 aromatic rings. The number of hydrogen-bond acceptors (Lipinski definition) is 4. The van der Waals surface area contributed by atoms with Crippen LogP contribution in [0.25, 0.3) is 0 Å². The van der Waals surface area contributed by atoms with E-state index in [0.29, 0.717) is 5.25 Å². The van der Waals surface area contributed by atoms with Crippen molar-refractivity contribution in [1.29, 1.82) is 0 Å². The number of thiophene rings is 1. The zero-order valence-corrected chi connectivity index (χ0v) is 14.2. The molecule has 0 saturated carbocycles. The van der Waals surface area contributed by atoms with Gasteiger partial charge in [-0.3, -0.25) is 4.79 Å². The van der Waals surface area contributed by atoms with Crippen LogP contribution in [0.1, 0.15) is 26.9 Å². The van der Waals surface area contributed by atoms with Gasteiger partial charge in [-0.25, -0.2) is 0 Å². The van der Waals surface area contributed by atoms with Crippen LogP contribution in [-0.2, 0) is 0 Å². The van der Waals surface area contributed by atoms with Gasteiger partial charge in [0.1, 0.15) is 5.75 Å². The largest absolute Gasteiger partial charge is 0.497 e. The summed E-state index contributed by atoms with van der Waals surface area (Å²) < 4.78 is 5.14. The molecule has 1 atom stereocenters. The van der Waals surface area contributed by atoms with Gasteiger partial charge in [0.2, 0.25) is 0 Å². The van der Waals surface area contributed by atoms with Crippen LogP contribution in [0.5, 0.6) is 5.75 Å². The van der Waals surface area contributed by atoms with E-state index in [0.717, 1.165) is 36.6 Å². The molecule has 1 aliphatic heterocycles. The minimum absolute atomic E-state index is 0.120. The second-order valence-corrected chi connectivity index (χ2v) is 7.47. The Labute approximate surface area is 139 Å². The van der Waals surface area contributed by atoms with Crippen LogP contribution in [0.15, 0.2) is 41.8 Å². The van der Waals surface area contributed by atoms with E-state index in [1.54, 1.807) is 7.11 Å². The Morgan fingerprint density at radius 3 is 2.73 bits per heavy atom. The molecule has 1 aliphatic rings. The van der Waals surface area contributed by atoms with E-state index in [1.165, 1.54) is 4.88 Å². The van der Waals surface area contributed by atoms with Crippen LogP contribution in [0.3, 0.4) is 0 Å². The molecule has 1 aromatic heterocycles. The Bertz CT molecular complexity index is 610. The summed E-state index contributed by atoms with van der Waals surface area (Å²) in [6.07, 6.45) is 1.02. The second-order valence-electron chi connectivity index (χ2n) is 5.18. The molecule has 116 valence electrons. The van der Waals surface area contributed by atoms with Gasteiger partial charge in [-0.05, 0) is 42.1 Å². The molecule has 1 amide bonds. The van der Waals surface area contributed by atoms with Crippen molar-refractivity contribution in [2.75, 3.05) is 26.0 Å². The fourth-order valence-corrected chi connectivity index (χ4v) is 4.83. The van der Waals surface area contributed by atoms with Crippen molar-refractivity contribution < 1.29 is 9.53 Å². The van der Waals surface area contributed by atoms with Gasteiger partial charge in [0, 0.05) is 34.5 Å². The van der Waals surface area contributed by atoms with Crippen molar-refractivity contribution >= 4 is 29.0 Å². The highest BCUT2D eigenvalue weighted by Gasteiger charge is 2.23. The van der Waals surface area contributed by atoms with Gasteiger partial charge in [-0.1, -0.05) is 6.07 Å². The monoisotopic (exact) mass is 333 g/mol. The third-order valence-corrected chi connectivity index (χ3v) is 6.27. The summed E-state index contributed by atoms with van der Waals surface area (Å²) in [5, 5.41) is 2.65. The molecule has 2 heterocycles. The number of thioether (sulfide) groups is 1. The van der Waals surface area contributed by atoms with Crippen LogP contribution in [0.2, 0.25) is 0 Å². The molecule has 1 unspecified atom stereocenters. The van der Waals surface area contributed by atoms with E-state index < -0.39 is 0 Å². The van der Waals surface area contributed by atoms with E-state index in [4.69, 9.17) is 4.74 Å². The number of carbonyl (C=O) groups excluding carboxylic acids is 1. The van der Waals surface area contributed by atoms with E-state index >= 15 is 0 Å². The maximum Gasteiger partial charge on any atom is 0.253 e. The Morgan fingerprint density at radius 1 is 1.23 bits per heavy atom. The Balaban J connectivity index is 1.66. The first-order valence-corrected chi connectivity index (χ1v) is 9.29. The van der Waals surface area contributed by atoms with Crippen LogP contribution < -0.4 is 4.74 Å². The molecule has 1 saturated heterocycles. The van der Waals surface area contributed by atoms with Crippen molar-refractivity contribution in [2.45, 2.75) is 11.7 Å². The van der Waals surface area contributed by atoms with Gasteiger partial charge in [0.25, 0.3) is 5.91 Å². The molecular weight excluding hydrogens is 314 g/mol. The number of carbonyl (C=O) groups is 1. The summed E-state index contributed by atoms with van der Waals surface area (Å²) in [4.78, 5) is 16.0. The number of methoxy groups -OCH3 is 1. The standard InChI is InChI=1S/C17H19NO2S2/c1-20-14-6-4-13(5-7-14)17(19)18-9-8-16(22-12-10-18)15-3-2-11-21-15/h2-7,11,16H,8-10,12H2,1H3. The van der Waals surface area contributed by atoms with E-state index in [9.17, 15) is 4.79 Å². The van der Waals surface area contributed by atoms with Gasteiger partial charge in [-0.2, -0.15) is 11.8 Å². The predicted octanol–water partition coefficient (Wildman–Crippen LogP) is 4.08. The van der Waals surface area contributed by atoms with E-state index in [2.05, 4.69) is 17.5 Å². The van der Waals surface area contributed by atoms with Crippen molar-refractivity contribution in [2.24, 2.45) is 0 Å². The average Bonchev–Trinajstić information content (AvgIpc) is 2.99. The average molecular weight is 333 g/mol. The first kappa shape index (κ1) is 15.4. The minimum atomic E-state index is 0.120. The molecule has 5 heteroatoms. The van der Waals surface area contributed by atoms with Gasteiger partial charge in [0.05, 0.1) is 7.11 Å². The number of benzene rings is 1. The van der Waals surface area contributed by atoms with Crippen molar-refractivity contribution in [3.63, 3.8) is 0 Å². The molecule has 0 aliphatic carbocycles. The van der Waals surface area contributed by atoms with Crippen molar-refractivity contribution in [1.82, 2.24) is 4.90 Å². The lowest BCUT2D eigenvalue weighted by Gasteiger charge is -2.20. The lowest BCUT2D eigenvalue weighted by Crippen LogP contribution is -2.32. The highest BCUT2D eigenvalue weighted by Crippen LogP contribution is 2.36. The van der Waals surface area contributed by atoms with Crippen LogP contribution in [0.4, 0.5) is 0 Å². The third-order valence-electron chi connectivity index (χ3n) is 3.83. The molecule has 0 spiro atoms. The zero-order valence-electron chi connectivity index (χ0n) is 12.5. The number of amides is 1.